The monoisotopic (exact) mass is 299 g/mol. The number of carboxylic acid groups (broad SMARTS) is 1. The summed E-state index contributed by atoms with van der Waals surface area (Å²) in [4.78, 5) is 19.5. The van der Waals surface area contributed by atoms with Crippen LogP contribution < -0.4 is 5.73 Å². The summed E-state index contributed by atoms with van der Waals surface area (Å²) in [6, 6.07) is 10.9. The molecule has 21 heavy (non-hydrogen) atoms. The molecule has 1 aromatic heterocycles. The van der Waals surface area contributed by atoms with E-state index in [1.165, 1.54) is 17.8 Å². The van der Waals surface area contributed by atoms with Gasteiger partial charge in [0.05, 0.1) is 16.6 Å². The van der Waals surface area contributed by atoms with E-state index >= 15 is 0 Å². The molecule has 2 aromatic carbocycles. The van der Waals surface area contributed by atoms with E-state index in [9.17, 15) is 4.79 Å². The normalized spacial score (nSPS) is 10.9. The van der Waals surface area contributed by atoms with Crippen molar-refractivity contribution in [1.29, 1.82) is 0 Å². The fraction of sp³-hybridized carbons (Fsp3) is 0.0667. The minimum atomic E-state index is -1.02. The zero-order valence-electron chi connectivity index (χ0n) is 11.3. The second kappa shape index (κ2) is 5.14. The number of anilines is 1. The van der Waals surface area contributed by atoms with E-state index in [0.29, 0.717) is 0 Å². The number of nitrogens with zero attached hydrogens (tertiary/aromatic N) is 1. The highest BCUT2D eigenvalue weighted by Crippen LogP contribution is 2.29. The van der Waals surface area contributed by atoms with Crippen molar-refractivity contribution < 1.29 is 9.90 Å². The number of imidazole rings is 1. The van der Waals surface area contributed by atoms with Gasteiger partial charge in [0, 0.05) is 10.6 Å². The number of aromatic carboxylic acids is 1. The quantitative estimate of drug-likeness (QED) is 0.645. The van der Waals surface area contributed by atoms with Crippen molar-refractivity contribution in [1.82, 2.24) is 9.97 Å². The Bertz CT molecular complexity index is 842. The summed E-state index contributed by atoms with van der Waals surface area (Å²) in [5.74, 6) is -1.02. The molecule has 106 valence electrons. The summed E-state index contributed by atoms with van der Waals surface area (Å²) in [5, 5.41) is 9.71. The Balaban J connectivity index is 1.91. The van der Waals surface area contributed by atoms with E-state index in [1.807, 2.05) is 25.1 Å². The van der Waals surface area contributed by atoms with Crippen LogP contribution >= 0.6 is 11.8 Å². The van der Waals surface area contributed by atoms with Gasteiger partial charge >= 0.3 is 5.97 Å². The first-order valence-corrected chi connectivity index (χ1v) is 7.11. The van der Waals surface area contributed by atoms with Crippen molar-refractivity contribution in [3.8, 4) is 0 Å². The van der Waals surface area contributed by atoms with Gasteiger partial charge in [0.1, 0.15) is 0 Å². The van der Waals surface area contributed by atoms with Crippen LogP contribution in [-0.2, 0) is 0 Å². The lowest BCUT2D eigenvalue weighted by atomic mass is 10.2. The number of nitrogens with one attached hydrogen (secondary N) is 1. The van der Waals surface area contributed by atoms with Crippen LogP contribution in [0.1, 0.15) is 15.9 Å². The second-order valence-corrected chi connectivity index (χ2v) is 5.78. The SMILES string of the molecule is Cc1ccc2nc(Sc3ccc(C(=O)O)c(N)c3)[nH]c2c1. The number of aromatic amines is 1. The number of benzene rings is 2. The van der Waals surface area contributed by atoms with Crippen LogP contribution in [0.5, 0.6) is 0 Å². The van der Waals surface area contributed by atoms with Gasteiger partial charge in [-0.1, -0.05) is 17.8 Å². The van der Waals surface area contributed by atoms with Crippen molar-refractivity contribution in [3.63, 3.8) is 0 Å². The molecule has 4 N–H and O–H groups in total. The Hall–Kier alpha value is -2.47. The van der Waals surface area contributed by atoms with Crippen molar-refractivity contribution in [2.75, 3.05) is 5.73 Å². The number of hydrogen-bond donors (Lipinski definition) is 3. The maximum atomic E-state index is 10.9. The van der Waals surface area contributed by atoms with Gasteiger partial charge in [0.2, 0.25) is 0 Å². The first kappa shape index (κ1) is 13.5. The molecule has 0 aliphatic rings. The first-order chi connectivity index (χ1) is 10.0. The molecule has 3 rings (SSSR count). The zero-order chi connectivity index (χ0) is 15.0. The maximum absolute atomic E-state index is 10.9. The molecule has 0 radical (unpaired) electrons. The van der Waals surface area contributed by atoms with Gasteiger partial charge in [-0.3, -0.25) is 0 Å². The third-order valence-electron chi connectivity index (χ3n) is 3.08. The lowest BCUT2D eigenvalue weighted by Gasteiger charge is -2.03. The minimum absolute atomic E-state index is 0.111. The zero-order valence-corrected chi connectivity index (χ0v) is 12.1. The number of H-pyrrole nitrogens is 1. The third kappa shape index (κ3) is 2.71. The highest BCUT2D eigenvalue weighted by molar-refractivity contribution is 7.99. The van der Waals surface area contributed by atoms with Gasteiger partial charge in [-0.25, -0.2) is 9.78 Å². The fourth-order valence-electron chi connectivity index (χ4n) is 2.06. The Morgan fingerprint density at radius 2 is 2.10 bits per heavy atom. The molecular formula is C15H13N3O2S. The summed E-state index contributed by atoms with van der Waals surface area (Å²) >= 11 is 1.41. The molecule has 0 aliphatic heterocycles. The van der Waals surface area contributed by atoms with Gasteiger partial charge in [0.15, 0.2) is 5.16 Å². The van der Waals surface area contributed by atoms with Crippen LogP contribution in [0.2, 0.25) is 0 Å². The summed E-state index contributed by atoms with van der Waals surface area (Å²) in [6.07, 6.45) is 0. The van der Waals surface area contributed by atoms with Gasteiger partial charge in [-0.15, -0.1) is 0 Å². The smallest absolute Gasteiger partial charge is 0.337 e. The van der Waals surface area contributed by atoms with Crippen LogP contribution in [0.4, 0.5) is 5.69 Å². The molecule has 0 fully saturated rings. The highest BCUT2D eigenvalue weighted by atomic mass is 32.2. The molecule has 3 aromatic rings. The van der Waals surface area contributed by atoms with Crippen molar-refractivity contribution in [2.24, 2.45) is 0 Å². The number of carboxylic acids is 1. The van der Waals surface area contributed by atoms with Gasteiger partial charge < -0.3 is 15.8 Å². The lowest BCUT2D eigenvalue weighted by molar-refractivity contribution is 0.0698. The third-order valence-corrected chi connectivity index (χ3v) is 3.96. The van der Waals surface area contributed by atoms with E-state index in [2.05, 4.69) is 9.97 Å². The van der Waals surface area contributed by atoms with Crippen LogP contribution in [-0.4, -0.2) is 21.0 Å². The number of nitrogen functional groups attached to an aromatic ring is 1. The topological polar surface area (TPSA) is 92.0 Å². The molecule has 6 heteroatoms. The molecule has 0 saturated carbocycles. The first-order valence-electron chi connectivity index (χ1n) is 6.30. The molecule has 0 atom stereocenters. The van der Waals surface area contributed by atoms with E-state index < -0.39 is 5.97 Å². The number of carbonyl (C=O) groups is 1. The van der Waals surface area contributed by atoms with Crippen LogP contribution in [0.15, 0.2) is 46.5 Å². The van der Waals surface area contributed by atoms with E-state index in [4.69, 9.17) is 10.8 Å². The molecule has 0 amide bonds. The molecule has 0 unspecified atom stereocenters. The van der Waals surface area contributed by atoms with Gasteiger partial charge in [-0.05, 0) is 42.8 Å². The number of aromatic nitrogens is 2. The maximum Gasteiger partial charge on any atom is 0.337 e. The van der Waals surface area contributed by atoms with Crippen molar-refractivity contribution in [2.45, 2.75) is 17.0 Å². The van der Waals surface area contributed by atoms with E-state index in [-0.39, 0.29) is 11.3 Å². The molecule has 0 saturated heterocycles. The molecule has 0 spiro atoms. The molecule has 5 nitrogen and oxygen atoms in total. The molecular weight excluding hydrogens is 286 g/mol. The Kier molecular flexibility index (Phi) is 3.31. The van der Waals surface area contributed by atoms with Crippen LogP contribution in [0.3, 0.4) is 0 Å². The molecule has 1 heterocycles. The summed E-state index contributed by atoms with van der Waals surface area (Å²) in [7, 11) is 0. The predicted octanol–water partition coefficient (Wildman–Crippen LogP) is 3.30. The highest BCUT2D eigenvalue weighted by Gasteiger charge is 2.10. The lowest BCUT2D eigenvalue weighted by Crippen LogP contribution is -2.01. The Morgan fingerprint density at radius 1 is 1.29 bits per heavy atom. The van der Waals surface area contributed by atoms with Gasteiger partial charge in [0.25, 0.3) is 0 Å². The van der Waals surface area contributed by atoms with Crippen LogP contribution in [0, 0.1) is 6.92 Å². The van der Waals surface area contributed by atoms with E-state index in [1.54, 1.807) is 12.1 Å². The molecule has 0 aliphatic carbocycles. The number of rotatable bonds is 3. The minimum Gasteiger partial charge on any atom is -0.478 e. The number of nitrogens with two attached hydrogens (primary N) is 1. The summed E-state index contributed by atoms with van der Waals surface area (Å²) in [5.41, 5.74) is 9.15. The Labute approximate surface area is 125 Å². The average molecular weight is 299 g/mol. The van der Waals surface area contributed by atoms with Crippen LogP contribution in [0.25, 0.3) is 11.0 Å². The summed E-state index contributed by atoms with van der Waals surface area (Å²) in [6.45, 7) is 2.03. The number of fused-ring (bicyclic) bond motifs is 1. The Morgan fingerprint density at radius 3 is 2.81 bits per heavy atom. The standard InChI is InChI=1S/C15H13N3O2S/c1-8-2-5-12-13(6-8)18-15(17-12)21-9-3-4-10(14(19)20)11(16)7-9/h2-7H,16H2,1H3,(H,17,18)(H,19,20). The number of aryl methyl sites for hydroxylation is 1. The average Bonchev–Trinajstić information content (AvgIpc) is 2.79. The number of hydrogen-bond acceptors (Lipinski definition) is 4. The summed E-state index contributed by atoms with van der Waals surface area (Å²) < 4.78 is 0. The largest absolute Gasteiger partial charge is 0.478 e. The second-order valence-electron chi connectivity index (χ2n) is 4.72. The predicted molar refractivity (Wildman–Crippen MR) is 82.8 cm³/mol. The van der Waals surface area contributed by atoms with E-state index in [0.717, 1.165) is 26.6 Å². The molecule has 0 bridgehead atoms. The van der Waals surface area contributed by atoms with Crippen molar-refractivity contribution in [3.05, 3.63) is 47.5 Å². The van der Waals surface area contributed by atoms with Gasteiger partial charge in [-0.2, -0.15) is 0 Å². The fourth-order valence-corrected chi connectivity index (χ4v) is 2.91. The van der Waals surface area contributed by atoms with Crippen molar-refractivity contribution >= 4 is 34.5 Å².